The van der Waals surface area contributed by atoms with Crippen LogP contribution in [-0.4, -0.2) is 25.2 Å². The molecule has 0 amide bonds. The minimum atomic E-state index is 0. The number of anilines is 2. The number of nitrogens with zero attached hydrogens (tertiary/aromatic N) is 2. The van der Waals surface area contributed by atoms with Crippen molar-refractivity contribution >= 4 is 23.8 Å². The van der Waals surface area contributed by atoms with Crippen molar-refractivity contribution < 1.29 is 4.74 Å². The standard InChI is InChI=1S/C17H20N2O.ClH/c1-4-17(18(2)3)19-13-9-5-7-11-15(13)20-16-12-8-6-10-14(16)19;/h5-12,17H,4H2,1-3H3;1H. The molecule has 0 aromatic heterocycles. The van der Waals surface area contributed by atoms with Crippen LogP contribution >= 0.6 is 12.4 Å². The molecule has 1 heterocycles. The average Bonchev–Trinajstić information content (AvgIpc) is 2.47. The van der Waals surface area contributed by atoms with Crippen molar-refractivity contribution in [3.05, 3.63) is 48.5 Å². The van der Waals surface area contributed by atoms with E-state index in [-0.39, 0.29) is 12.4 Å². The van der Waals surface area contributed by atoms with Gasteiger partial charge in [0, 0.05) is 0 Å². The Morgan fingerprint density at radius 1 is 0.952 bits per heavy atom. The maximum atomic E-state index is 6.02. The molecule has 3 rings (SSSR count). The first kappa shape index (κ1) is 15.7. The molecule has 0 saturated carbocycles. The second kappa shape index (κ2) is 6.37. The van der Waals surface area contributed by atoms with Crippen molar-refractivity contribution in [2.75, 3.05) is 19.0 Å². The molecule has 21 heavy (non-hydrogen) atoms. The first-order valence-corrected chi connectivity index (χ1v) is 7.04. The van der Waals surface area contributed by atoms with Crippen LogP contribution < -0.4 is 9.64 Å². The van der Waals surface area contributed by atoms with E-state index in [1.807, 2.05) is 24.3 Å². The highest BCUT2D eigenvalue weighted by Gasteiger charge is 2.29. The number of halogens is 1. The zero-order valence-corrected chi connectivity index (χ0v) is 13.4. The minimum Gasteiger partial charge on any atom is -0.453 e. The Morgan fingerprint density at radius 2 is 1.43 bits per heavy atom. The molecule has 0 spiro atoms. The third-order valence-electron chi connectivity index (χ3n) is 3.73. The van der Waals surface area contributed by atoms with Crippen molar-refractivity contribution in [1.29, 1.82) is 0 Å². The van der Waals surface area contributed by atoms with Crippen LogP contribution in [0.2, 0.25) is 0 Å². The predicted octanol–water partition coefficient (Wildman–Crippen LogP) is 4.65. The minimum absolute atomic E-state index is 0. The van der Waals surface area contributed by atoms with Gasteiger partial charge in [-0.15, -0.1) is 12.4 Å². The summed E-state index contributed by atoms with van der Waals surface area (Å²) in [6, 6.07) is 16.5. The lowest BCUT2D eigenvalue weighted by Crippen LogP contribution is -2.43. The maximum absolute atomic E-state index is 6.02. The van der Waals surface area contributed by atoms with Gasteiger partial charge in [0.25, 0.3) is 0 Å². The summed E-state index contributed by atoms with van der Waals surface area (Å²) >= 11 is 0. The van der Waals surface area contributed by atoms with Gasteiger partial charge in [-0.05, 0) is 44.8 Å². The van der Waals surface area contributed by atoms with Crippen molar-refractivity contribution in [3.8, 4) is 11.5 Å². The Hall–Kier alpha value is -1.71. The van der Waals surface area contributed by atoms with Crippen LogP contribution in [0.15, 0.2) is 48.5 Å². The van der Waals surface area contributed by atoms with Gasteiger partial charge in [-0.2, -0.15) is 0 Å². The van der Waals surface area contributed by atoms with E-state index in [1.54, 1.807) is 0 Å². The van der Waals surface area contributed by atoms with Crippen LogP contribution in [-0.2, 0) is 0 Å². The van der Waals surface area contributed by atoms with E-state index >= 15 is 0 Å². The van der Waals surface area contributed by atoms with Gasteiger partial charge < -0.3 is 9.64 Å². The topological polar surface area (TPSA) is 15.7 Å². The van der Waals surface area contributed by atoms with Gasteiger partial charge in [-0.25, -0.2) is 0 Å². The smallest absolute Gasteiger partial charge is 0.151 e. The molecule has 1 aliphatic heterocycles. The first-order valence-electron chi connectivity index (χ1n) is 7.04. The molecular formula is C17H21ClN2O. The second-order valence-corrected chi connectivity index (χ2v) is 5.26. The second-order valence-electron chi connectivity index (χ2n) is 5.26. The van der Waals surface area contributed by atoms with E-state index in [9.17, 15) is 0 Å². The summed E-state index contributed by atoms with van der Waals surface area (Å²) in [7, 11) is 4.24. The largest absolute Gasteiger partial charge is 0.453 e. The highest BCUT2D eigenvalue weighted by molar-refractivity contribution is 5.85. The van der Waals surface area contributed by atoms with Gasteiger partial charge in [0.15, 0.2) is 11.5 Å². The molecule has 0 saturated heterocycles. The number of para-hydroxylation sites is 4. The molecular weight excluding hydrogens is 284 g/mol. The van der Waals surface area contributed by atoms with E-state index in [4.69, 9.17) is 4.74 Å². The van der Waals surface area contributed by atoms with Crippen molar-refractivity contribution in [2.45, 2.75) is 19.5 Å². The van der Waals surface area contributed by atoms with Gasteiger partial charge in [-0.1, -0.05) is 31.2 Å². The number of benzene rings is 2. The van der Waals surface area contributed by atoms with Gasteiger partial charge in [0.2, 0.25) is 0 Å². The molecule has 2 aromatic rings. The molecule has 1 atom stereocenters. The van der Waals surface area contributed by atoms with Gasteiger partial charge in [0.1, 0.15) is 0 Å². The summed E-state index contributed by atoms with van der Waals surface area (Å²) in [6.45, 7) is 2.21. The molecule has 0 bridgehead atoms. The lowest BCUT2D eigenvalue weighted by Gasteiger charge is -2.41. The Balaban J connectivity index is 0.00000161. The highest BCUT2D eigenvalue weighted by atomic mass is 35.5. The molecule has 0 radical (unpaired) electrons. The SMILES string of the molecule is CCC(N(C)C)N1c2ccccc2Oc2ccccc21.Cl. The van der Waals surface area contributed by atoms with E-state index in [0.717, 1.165) is 29.3 Å². The van der Waals surface area contributed by atoms with Crippen LogP contribution in [0.1, 0.15) is 13.3 Å². The normalized spacial score (nSPS) is 13.8. The molecule has 2 aromatic carbocycles. The molecule has 3 nitrogen and oxygen atoms in total. The summed E-state index contributed by atoms with van der Waals surface area (Å²) in [5, 5.41) is 0. The zero-order valence-electron chi connectivity index (χ0n) is 12.6. The lowest BCUT2D eigenvalue weighted by molar-refractivity contribution is 0.285. The molecule has 0 fully saturated rings. The zero-order chi connectivity index (χ0) is 14.1. The Kier molecular flexibility index (Phi) is 4.76. The van der Waals surface area contributed by atoms with Crippen LogP contribution in [0.5, 0.6) is 11.5 Å². The maximum Gasteiger partial charge on any atom is 0.151 e. The third-order valence-corrected chi connectivity index (χ3v) is 3.73. The van der Waals surface area contributed by atoms with E-state index in [2.05, 4.69) is 55.1 Å². The summed E-state index contributed by atoms with van der Waals surface area (Å²) in [5.41, 5.74) is 2.26. The van der Waals surface area contributed by atoms with Crippen molar-refractivity contribution in [2.24, 2.45) is 0 Å². The van der Waals surface area contributed by atoms with E-state index in [1.165, 1.54) is 0 Å². The van der Waals surface area contributed by atoms with Crippen LogP contribution in [0.3, 0.4) is 0 Å². The molecule has 4 heteroatoms. The fourth-order valence-corrected chi connectivity index (χ4v) is 2.83. The lowest BCUT2D eigenvalue weighted by atomic mass is 10.1. The van der Waals surface area contributed by atoms with Crippen molar-refractivity contribution in [1.82, 2.24) is 4.90 Å². The molecule has 0 N–H and O–H groups in total. The Bertz CT molecular complexity index is 570. The average molecular weight is 305 g/mol. The van der Waals surface area contributed by atoms with Crippen molar-refractivity contribution in [3.63, 3.8) is 0 Å². The fourth-order valence-electron chi connectivity index (χ4n) is 2.83. The number of fused-ring (bicyclic) bond motifs is 2. The van der Waals surface area contributed by atoms with Crippen LogP contribution in [0, 0.1) is 0 Å². The van der Waals surface area contributed by atoms with E-state index in [0.29, 0.717) is 6.17 Å². The number of hydrogen-bond donors (Lipinski definition) is 0. The Labute approximate surface area is 132 Å². The summed E-state index contributed by atoms with van der Waals surface area (Å²) < 4.78 is 6.02. The molecule has 0 aliphatic carbocycles. The fraction of sp³-hybridized carbons (Fsp3) is 0.294. The van der Waals surface area contributed by atoms with Gasteiger partial charge >= 0.3 is 0 Å². The first-order chi connectivity index (χ1) is 9.72. The van der Waals surface area contributed by atoms with Crippen LogP contribution in [0.4, 0.5) is 11.4 Å². The van der Waals surface area contributed by atoms with Crippen LogP contribution in [0.25, 0.3) is 0 Å². The van der Waals surface area contributed by atoms with Gasteiger partial charge in [-0.3, -0.25) is 4.90 Å². The molecule has 1 unspecified atom stereocenters. The summed E-state index contributed by atoms with van der Waals surface area (Å²) in [4.78, 5) is 4.62. The Morgan fingerprint density at radius 3 is 1.86 bits per heavy atom. The predicted molar refractivity (Wildman–Crippen MR) is 90.1 cm³/mol. The quantitative estimate of drug-likeness (QED) is 0.821. The number of hydrogen-bond acceptors (Lipinski definition) is 3. The number of ether oxygens (including phenoxy) is 1. The molecule has 112 valence electrons. The number of rotatable bonds is 3. The monoisotopic (exact) mass is 304 g/mol. The van der Waals surface area contributed by atoms with Gasteiger partial charge in [0.05, 0.1) is 17.5 Å². The van der Waals surface area contributed by atoms with E-state index < -0.39 is 0 Å². The summed E-state index contributed by atoms with van der Waals surface area (Å²) in [5.74, 6) is 1.85. The molecule has 1 aliphatic rings. The highest BCUT2D eigenvalue weighted by Crippen LogP contribution is 2.47. The third kappa shape index (κ3) is 2.71. The summed E-state index contributed by atoms with van der Waals surface area (Å²) in [6.07, 6.45) is 1.34.